The first-order valence-electron chi connectivity index (χ1n) is 15.4. The van der Waals surface area contributed by atoms with Gasteiger partial charge < -0.3 is 31.5 Å². The molecule has 16 nitrogen and oxygen atoms in total. The van der Waals surface area contributed by atoms with Gasteiger partial charge >= 0.3 is 11.8 Å². The summed E-state index contributed by atoms with van der Waals surface area (Å²) in [4.78, 5) is 50.0. The standard InChI is InChI=1S/C36H26N4O12S2/c41-31-17-23(53(47,48)49)15-27-25(31)3-1-5-29(27)39-33(43)19-7-11-21(12-8-19)37-35(45)36(46)38-22-13-9-20(10-14-22)34(44)40-30-6-2-4-26-28(30)16-24(18-32(26)42)54(50,51)52/h1-18,41-42H,(H,37,45)(H,38,46)(H,39,43)(H,40,44)(H,47,48,49)(H,50,51,52). The normalized spacial score (nSPS) is 11.5. The predicted molar refractivity (Wildman–Crippen MR) is 197 cm³/mol. The number of amides is 4. The number of carbonyl (C=O) groups is 4. The van der Waals surface area contributed by atoms with E-state index in [1.807, 2.05) is 0 Å². The van der Waals surface area contributed by atoms with Crippen LogP contribution in [0.15, 0.2) is 119 Å². The molecule has 0 saturated carbocycles. The fraction of sp³-hybridized carbons (Fsp3) is 0. The second-order valence-electron chi connectivity index (χ2n) is 11.6. The third-order valence-electron chi connectivity index (χ3n) is 8.00. The lowest BCUT2D eigenvalue weighted by Gasteiger charge is -2.12. The minimum Gasteiger partial charge on any atom is -0.507 e. The molecule has 0 aliphatic heterocycles. The highest BCUT2D eigenvalue weighted by Gasteiger charge is 2.19. The molecule has 0 heterocycles. The summed E-state index contributed by atoms with van der Waals surface area (Å²) in [5.41, 5.74) is 0.854. The van der Waals surface area contributed by atoms with Crippen molar-refractivity contribution >= 4 is 88.2 Å². The first-order valence-corrected chi connectivity index (χ1v) is 18.3. The van der Waals surface area contributed by atoms with Gasteiger partial charge in [0, 0.05) is 67.6 Å². The summed E-state index contributed by atoms with van der Waals surface area (Å²) in [6, 6.07) is 23.8. The van der Waals surface area contributed by atoms with Crippen LogP contribution in [0.4, 0.5) is 22.7 Å². The third kappa shape index (κ3) is 7.96. The molecule has 0 spiro atoms. The third-order valence-corrected chi connectivity index (χ3v) is 9.67. The zero-order valence-electron chi connectivity index (χ0n) is 27.3. The number of fused-ring (bicyclic) bond motifs is 2. The van der Waals surface area contributed by atoms with Crippen LogP contribution in [-0.2, 0) is 29.8 Å². The van der Waals surface area contributed by atoms with Crippen LogP contribution in [0.25, 0.3) is 21.5 Å². The zero-order valence-corrected chi connectivity index (χ0v) is 28.9. The Bertz CT molecular complexity index is 2560. The maximum Gasteiger partial charge on any atom is 0.314 e. The molecule has 0 fully saturated rings. The SMILES string of the molecule is O=C(Nc1ccc(C(=O)Nc2cccc3c(O)cc(S(=O)(=O)O)cc23)cc1)C(=O)Nc1ccc(C(=O)Nc2cccc3c(O)cc(S(=O)(=O)O)cc23)cc1. The molecule has 6 aromatic rings. The number of phenolic OH excluding ortho intramolecular Hbond substituents is 2. The largest absolute Gasteiger partial charge is 0.507 e. The van der Waals surface area contributed by atoms with Gasteiger partial charge in [0.1, 0.15) is 11.5 Å². The maximum absolute atomic E-state index is 13.0. The summed E-state index contributed by atoms with van der Waals surface area (Å²) in [6.07, 6.45) is 0. The number of aromatic hydroxyl groups is 2. The van der Waals surface area contributed by atoms with Gasteiger partial charge in [-0.1, -0.05) is 24.3 Å². The van der Waals surface area contributed by atoms with Crippen molar-refractivity contribution in [2.24, 2.45) is 0 Å². The van der Waals surface area contributed by atoms with Crippen molar-refractivity contribution in [1.29, 1.82) is 0 Å². The van der Waals surface area contributed by atoms with Crippen LogP contribution in [0.2, 0.25) is 0 Å². The molecular formula is C36H26N4O12S2. The van der Waals surface area contributed by atoms with Crippen LogP contribution in [0, 0.1) is 0 Å². The summed E-state index contributed by atoms with van der Waals surface area (Å²) in [5.74, 6) is -4.22. The van der Waals surface area contributed by atoms with E-state index in [0.717, 1.165) is 24.3 Å². The van der Waals surface area contributed by atoms with E-state index < -0.39 is 65.2 Å². The molecule has 0 saturated heterocycles. The van der Waals surface area contributed by atoms with E-state index in [-0.39, 0.29) is 55.4 Å². The van der Waals surface area contributed by atoms with Crippen LogP contribution in [-0.4, -0.2) is 59.8 Å². The molecule has 0 atom stereocenters. The van der Waals surface area contributed by atoms with Crippen molar-refractivity contribution in [3.63, 3.8) is 0 Å². The van der Waals surface area contributed by atoms with Gasteiger partial charge in [-0.15, -0.1) is 0 Å². The van der Waals surface area contributed by atoms with Crippen LogP contribution < -0.4 is 21.3 Å². The average Bonchev–Trinajstić information content (AvgIpc) is 3.12. The van der Waals surface area contributed by atoms with Crippen molar-refractivity contribution in [1.82, 2.24) is 0 Å². The fourth-order valence-corrected chi connectivity index (χ4v) is 6.43. The van der Waals surface area contributed by atoms with Crippen LogP contribution in [0.3, 0.4) is 0 Å². The second-order valence-corrected chi connectivity index (χ2v) is 14.5. The molecule has 6 aromatic carbocycles. The smallest absolute Gasteiger partial charge is 0.314 e. The van der Waals surface area contributed by atoms with Crippen molar-refractivity contribution in [2.75, 3.05) is 21.3 Å². The minimum atomic E-state index is -4.65. The number of hydrogen-bond acceptors (Lipinski definition) is 10. The van der Waals surface area contributed by atoms with E-state index >= 15 is 0 Å². The van der Waals surface area contributed by atoms with Crippen LogP contribution in [0.5, 0.6) is 11.5 Å². The Kier molecular flexibility index (Phi) is 9.76. The molecule has 0 unspecified atom stereocenters. The van der Waals surface area contributed by atoms with E-state index in [1.54, 1.807) is 0 Å². The topological polar surface area (TPSA) is 266 Å². The molecule has 4 amide bonds. The van der Waals surface area contributed by atoms with Crippen LogP contribution >= 0.6 is 0 Å². The molecule has 0 aliphatic carbocycles. The average molecular weight is 771 g/mol. The maximum atomic E-state index is 13.0. The Hall–Kier alpha value is -6.86. The van der Waals surface area contributed by atoms with Gasteiger partial charge in [0.25, 0.3) is 32.1 Å². The van der Waals surface area contributed by atoms with Gasteiger partial charge in [0.05, 0.1) is 9.79 Å². The number of anilines is 4. The molecule has 274 valence electrons. The highest BCUT2D eigenvalue weighted by atomic mass is 32.2. The Morgan fingerprint density at radius 1 is 0.444 bits per heavy atom. The van der Waals surface area contributed by atoms with Crippen molar-refractivity contribution in [3.8, 4) is 11.5 Å². The molecule has 18 heteroatoms. The zero-order chi connectivity index (χ0) is 38.9. The van der Waals surface area contributed by atoms with Gasteiger partial charge in [-0.05, 0) is 72.8 Å². The Morgan fingerprint density at radius 3 is 1.13 bits per heavy atom. The summed E-state index contributed by atoms with van der Waals surface area (Å²) in [7, 11) is -9.31. The number of nitrogens with one attached hydrogen (secondary N) is 4. The fourth-order valence-electron chi connectivity index (χ4n) is 5.37. The predicted octanol–water partition coefficient (Wildman–Crippen LogP) is 4.98. The van der Waals surface area contributed by atoms with Gasteiger partial charge in [-0.3, -0.25) is 28.3 Å². The van der Waals surface area contributed by atoms with Crippen LogP contribution in [0.1, 0.15) is 20.7 Å². The first-order chi connectivity index (χ1) is 25.5. The van der Waals surface area contributed by atoms with E-state index in [9.17, 15) is 55.3 Å². The summed E-state index contributed by atoms with van der Waals surface area (Å²) >= 11 is 0. The summed E-state index contributed by atoms with van der Waals surface area (Å²) in [6.45, 7) is 0. The van der Waals surface area contributed by atoms with Gasteiger partial charge in [0.15, 0.2) is 0 Å². The Balaban J connectivity index is 1.07. The van der Waals surface area contributed by atoms with E-state index in [1.165, 1.54) is 84.9 Å². The van der Waals surface area contributed by atoms with E-state index in [4.69, 9.17) is 0 Å². The van der Waals surface area contributed by atoms with Crippen molar-refractivity contribution in [3.05, 3.63) is 120 Å². The molecule has 8 N–H and O–H groups in total. The lowest BCUT2D eigenvalue weighted by molar-refractivity contribution is -0.132. The number of benzene rings is 6. The number of hydrogen-bond donors (Lipinski definition) is 8. The highest BCUT2D eigenvalue weighted by Crippen LogP contribution is 2.35. The lowest BCUT2D eigenvalue weighted by atomic mass is 10.1. The number of phenols is 2. The van der Waals surface area contributed by atoms with E-state index in [2.05, 4.69) is 21.3 Å². The first kappa shape index (κ1) is 36.9. The lowest BCUT2D eigenvalue weighted by Crippen LogP contribution is -2.29. The molecule has 0 aromatic heterocycles. The highest BCUT2D eigenvalue weighted by molar-refractivity contribution is 7.86. The van der Waals surface area contributed by atoms with E-state index in [0.29, 0.717) is 0 Å². The Labute approximate surface area is 305 Å². The molecule has 54 heavy (non-hydrogen) atoms. The monoisotopic (exact) mass is 770 g/mol. The molecule has 0 bridgehead atoms. The summed E-state index contributed by atoms with van der Waals surface area (Å²) in [5, 5.41) is 31.3. The second kappa shape index (κ2) is 14.3. The number of rotatable bonds is 8. The molecule has 0 aliphatic rings. The van der Waals surface area contributed by atoms with Crippen molar-refractivity contribution in [2.45, 2.75) is 9.79 Å². The van der Waals surface area contributed by atoms with Gasteiger partial charge in [-0.25, -0.2) is 0 Å². The summed E-state index contributed by atoms with van der Waals surface area (Å²) < 4.78 is 65.4. The Morgan fingerprint density at radius 2 is 0.796 bits per heavy atom. The number of carbonyl (C=O) groups excluding carboxylic acids is 4. The molecule has 6 rings (SSSR count). The quantitative estimate of drug-likeness (QED) is 0.0753. The van der Waals surface area contributed by atoms with Gasteiger partial charge in [0.2, 0.25) is 0 Å². The van der Waals surface area contributed by atoms with Gasteiger partial charge in [-0.2, -0.15) is 16.8 Å². The molecular weight excluding hydrogens is 745 g/mol. The molecule has 0 radical (unpaired) electrons. The minimum absolute atomic E-state index is 0.121. The van der Waals surface area contributed by atoms with Crippen molar-refractivity contribution < 1.29 is 55.3 Å².